The normalized spacial score (nSPS) is 11.4. The van der Waals surface area contributed by atoms with Gasteiger partial charge >= 0.3 is 6.18 Å². The second kappa shape index (κ2) is 8.48. The number of amides is 1. The van der Waals surface area contributed by atoms with Gasteiger partial charge in [0.25, 0.3) is 5.69 Å². The average Bonchev–Trinajstić information content (AvgIpc) is 2.44. The summed E-state index contributed by atoms with van der Waals surface area (Å²) < 4.78 is 37.8. The number of hydrogen-bond donors (Lipinski definition) is 2. The number of nitro groups is 1. The minimum Gasteiger partial charge on any atom is -0.379 e. The van der Waals surface area contributed by atoms with Crippen molar-refractivity contribution in [3.63, 3.8) is 0 Å². The number of likely N-dealkylation sites (N-methyl/N-ethyl adjacent to an activating group) is 1. The SMILES string of the molecule is CN(C)CC(=O)NCCCNc1ccc(C(F)(F)F)cc1[N+](=O)[O-]. The van der Waals surface area contributed by atoms with Gasteiger partial charge in [-0.3, -0.25) is 14.9 Å². The summed E-state index contributed by atoms with van der Waals surface area (Å²) in [6, 6.07) is 2.32. The molecule has 10 heteroatoms. The van der Waals surface area contributed by atoms with Crippen LogP contribution in [0.2, 0.25) is 0 Å². The van der Waals surface area contributed by atoms with Gasteiger partial charge in [-0.15, -0.1) is 0 Å². The third-order valence-corrected chi connectivity index (χ3v) is 2.97. The van der Waals surface area contributed by atoms with Crippen molar-refractivity contribution in [3.8, 4) is 0 Å². The molecule has 24 heavy (non-hydrogen) atoms. The zero-order valence-electron chi connectivity index (χ0n) is 13.3. The molecule has 0 aliphatic carbocycles. The number of benzene rings is 1. The van der Waals surface area contributed by atoms with E-state index in [1.54, 1.807) is 19.0 Å². The zero-order valence-corrected chi connectivity index (χ0v) is 13.3. The van der Waals surface area contributed by atoms with Crippen LogP contribution in [-0.2, 0) is 11.0 Å². The molecule has 0 unspecified atom stereocenters. The third-order valence-electron chi connectivity index (χ3n) is 2.97. The zero-order chi connectivity index (χ0) is 18.3. The number of nitrogens with zero attached hydrogens (tertiary/aromatic N) is 2. The summed E-state index contributed by atoms with van der Waals surface area (Å²) in [5.74, 6) is -0.152. The highest BCUT2D eigenvalue weighted by atomic mass is 19.4. The molecule has 1 aromatic rings. The van der Waals surface area contributed by atoms with Crippen LogP contribution in [0.15, 0.2) is 18.2 Å². The predicted octanol–water partition coefficient (Wildman–Crippen LogP) is 2.09. The number of alkyl halides is 3. The molecule has 0 saturated carbocycles. The lowest BCUT2D eigenvalue weighted by Crippen LogP contribution is -2.34. The first-order valence-corrected chi connectivity index (χ1v) is 7.12. The van der Waals surface area contributed by atoms with Crippen molar-refractivity contribution in [2.24, 2.45) is 0 Å². The number of nitrogens with one attached hydrogen (secondary N) is 2. The van der Waals surface area contributed by atoms with E-state index in [0.29, 0.717) is 19.0 Å². The van der Waals surface area contributed by atoms with Crippen LogP contribution < -0.4 is 10.6 Å². The van der Waals surface area contributed by atoms with Crippen molar-refractivity contribution in [2.75, 3.05) is 39.0 Å². The molecule has 1 aromatic carbocycles. The largest absolute Gasteiger partial charge is 0.416 e. The Morgan fingerprint density at radius 3 is 2.50 bits per heavy atom. The fourth-order valence-electron chi connectivity index (χ4n) is 1.89. The summed E-state index contributed by atoms with van der Waals surface area (Å²) in [6.07, 6.45) is -4.17. The van der Waals surface area contributed by atoms with Crippen LogP contribution in [-0.4, -0.2) is 49.5 Å². The molecule has 0 atom stereocenters. The Morgan fingerprint density at radius 2 is 1.96 bits per heavy atom. The van der Waals surface area contributed by atoms with Crippen molar-refractivity contribution in [3.05, 3.63) is 33.9 Å². The van der Waals surface area contributed by atoms with Crippen LogP contribution in [0.5, 0.6) is 0 Å². The molecule has 0 fully saturated rings. The number of rotatable bonds is 8. The summed E-state index contributed by atoms with van der Waals surface area (Å²) in [5.41, 5.74) is -1.70. The van der Waals surface area contributed by atoms with Crippen LogP contribution in [0, 0.1) is 10.1 Å². The number of carbonyl (C=O) groups excluding carboxylic acids is 1. The van der Waals surface area contributed by atoms with E-state index in [2.05, 4.69) is 10.6 Å². The summed E-state index contributed by atoms with van der Waals surface area (Å²) in [6.45, 7) is 0.875. The van der Waals surface area contributed by atoms with E-state index in [4.69, 9.17) is 0 Å². The van der Waals surface area contributed by atoms with Crippen molar-refractivity contribution < 1.29 is 22.9 Å². The molecule has 0 radical (unpaired) electrons. The fourth-order valence-corrected chi connectivity index (χ4v) is 1.89. The maximum Gasteiger partial charge on any atom is 0.416 e. The Morgan fingerprint density at radius 1 is 1.29 bits per heavy atom. The Kier molecular flexibility index (Phi) is 6.96. The first-order chi connectivity index (χ1) is 11.1. The summed E-state index contributed by atoms with van der Waals surface area (Å²) >= 11 is 0. The van der Waals surface area contributed by atoms with E-state index >= 15 is 0 Å². The van der Waals surface area contributed by atoms with Gasteiger partial charge in [0.05, 0.1) is 17.0 Å². The molecule has 1 rings (SSSR count). The topological polar surface area (TPSA) is 87.5 Å². The number of carbonyl (C=O) groups is 1. The van der Waals surface area contributed by atoms with Crippen molar-refractivity contribution in [2.45, 2.75) is 12.6 Å². The highest BCUT2D eigenvalue weighted by Gasteiger charge is 2.32. The van der Waals surface area contributed by atoms with E-state index < -0.39 is 22.4 Å². The van der Waals surface area contributed by atoms with Crippen LogP contribution >= 0.6 is 0 Å². The second-order valence-electron chi connectivity index (χ2n) is 5.35. The van der Waals surface area contributed by atoms with Gasteiger partial charge in [-0.1, -0.05) is 0 Å². The monoisotopic (exact) mass is 348 g/mol. The van der Waals surface area contributed by atoms with Gasteiger partial charge in [-0.05, 0) is 32.6 Å². The molecule has 0 aliphatic rings. The minimum absolute atomic E-state index is 0.00705. The lowest BCUT2D eigenvalue weighted by Gasteiger charge is -2.12. The van der Waals surface area contributed by atoms with E-state index in [1.165, 1.54) is 0 Å². The molecule has 7 nitrogen and oxygen atoms in total. The quantitative estimate of drug-likeness (QED) is 0.427. The van der Waals surface area contributed by atoms with Gasteiger partial charge in [0.15, 0.2) is 0 Å². The lowest BCUT2D eigenvalue weighted by atomic mass is 10.1. The minimum atomic E-state index is -4.64. The Hall–Kier alpha value is -2.36. The van der Waals surface area contributed by atoms with Crippen molar-refractivity contribution in [1.29, 1.82) is 0 Å². The molecule has 0 heterocycles. The molecule has 0 bridgehead atoms. The molecular weight excluding hydrogens is 329 g/mol. The highest BCUT2D eigenvalue weighted by molar-refractivity contribution is 5.77. The Bertz CT molecular complexity index is 591. The van der Waals surface area contributed by atoms with E-state index in [0.717, 1.165) is 12.1 Å². The Labute approximate surface area is 137 Å². The predicted molar refractivity (Wildman–Crippen MR) is 82.8 cm³/mol. The van der Waals surface area contributed by atoms with Gasteiger partial charge in [0.2, 0.25) is 5.91 Å². The standard InChI is InChI=1S/C14H19F3N4O3/c1-20(2)9-13(22)19-7-3-6-18-11-5-4-10(14(15,16)17)8-12(11)21(23)24/h4-5,8,18H,3,6-7,9H2,1-2H3,(H,19,22). The van der Waals surface area contributed by atoms with E-state index in [1.807, 2.05) is 0 Å². The van der Waals surface area contributed by atoms with Crippen LogP contribution in [0.4, 0.5) is 24.5 Å². The van der Waals surface area contributed by atoms with E-state index in [9.17, 15) is 28.1 Å². The summed E-state index contributed by atoms with van der Waals surface area (Å²) in [7, 11) is 3.51. The molecule has 0 aliphatic heterocycles. The maximum atomic E-state index is 12.6. The highest BCUT2D eigenvalue weighted by Crippen LogP contribution is 2.34. The van der Waals surface area contributed by atoms with Crippen LogP contribution in [0.25, 0.3) is 0 Å². The van der Waals surface area contributed by atoms with Gasteiger partial charge in [-0.2, -0.15) is 13.2 Å². The fraction of sp³-hybridized carbons (Fsp3) is 0.500. The van der Waals surface area contributed by atoms with Crippen molar-refractivity contribution in [1.82, 2.24) is 10.2 Å². The number of halogens is 3. The summed E-state index contributed by atoms with van der Waals surface area (Å²) in [4.78, 5) is 23.2. The molecule has 0 aromatic heterocycles. The maximum absolute atomic E-state index is 12.6. The van der Waals surface area contributed by atoms with Gasteiger partial charge in [0, 0.05) is 19.2 Å². The number of anilines is 1. The van der Waals surface area contributed by atoms with Crippen LogP contribution in [0.1, 0.15) is 12.0 Å². The molecule has 0 spiro atoms. The average molecular weight is 348 g/mol. The molecule has 0 saturated heterocycles. The Balaban J connectivity index is 2.56. The van der Waals surface area contributed by atoms with Crippen LogP contribution in [0.3, 0.4) is 0 Å². The first kappa shape index (κ1) is 19.7. The van der Waals surface area contributed by atoms with Crippen molar-refractivity contribution >= 4 is 17.3 Å². The second-order valence-corrected chi connectivity index (χ2v) is 5.35. The molecule has 1 amide bonds. The van der Waals surface area contributed by atoms with E-state index in [-0.39, 0.29) is 24.7 Å². The first-order valence-electron chi connectivity index (χ1n) is 7.12. The molecular formula is C14H19F3N4O3. The third kappa shape index (κ3) is 6.41. The number of nitro benzene ring substituents is 1. The summed E-state index contributed by atoms with van der Waals surface area (Å²) in [5, 5.41) is 16.3. The number of hydrogen-bond acceptors (Lipinski definition) is 5. The van der Waals surface area contributed by atoms with Gasteiger partial charge < -0.3 is 15.5 Å². The van der Waals surface area contributed by atoms with Gasteiger partial charge in [-0.25, -0.2) is 0 Å². The lowest BCUT2D eigenvalue weighted by molar-refractivity contribution is -0.384. The molecule has 2 N–H and O–H groups in total. The molecule has 134 valence electrons. The van der Waals surface area contributed by atoms with Gasteiger partial charge in [0.1, 0.15) is 5.69 Å². The smallest absolute Gasteiger partial charge is 0.379 e.